The van der Waals surface area contributed by atoms with Crippen molar-refractivity contribution in [1.82, 2.24) is 13.8 Å². The Kier molecular flexibility index (Phi) is 5.71. The van der Waals surface area contributed by atoms with E-state index in [0.717, 1.165) is 19.3 Å². The molecule has 0 N–H and O–H groups in total. The smallest absolute Gasteiger partial charge is 0.408 e. The van der Waals surface area contributed by atoms with Gasteiger partial charge in [-0.05, 0) is 31.4 Å². The molecule has 1 amide bonds. The van der Waals surface area contributed by atoms with Crippen LogP contribution in [0.15, 0.2) is 32.3 Å². The maximum atomic E-state index is 12.7. The molecular weight excluding hydrogens is 370 g/mol. The monoisotopic (exact) mass is 395 g/mol. The number of carbonyl (C=O) groups excluding carboxylic acids is 1. The number of nitrogens with zero attached hydrogens (tertiary/aromatic N) is 3. The molecule has 0 atom stereocenters. The number of benzene rings is 1. The second kappa shape index (κ2) is 7.85. The zero-order valence-corrected chi connectivity index (χ0v) is 16.5. The summed E-state index contributed by atoms with van der Waals surface area (Å²) in [6.45, 7) is 5.54. The number of oxazole rings is 1. The van der Waals surface area contributed by atoms with Crippen molar-refractivity contribution in [3.63, 3.8) is 0 Å². The van der Waals surface area contributed by atoms with Crippen LogP contribution in [0.4, 0.5) is 0 Å². The molecule has 0 aliphatic carbocycles. The molecule has 0 spiro atoms. The number of rotatable bonds is 6. The van der Waals surface area contributed by atoms with Gasteiger partial charge in [0.2, 0.25) is 15.9 Å². The first-order valence-corrected chi connectivity index (χ1v) is 10.7. The van der Waals surface area contributed by atoms with Crippen molar-refractivity contribution in [3.8, 4) is 0 Å². The average molecular weight is 395 g/mol. The molecule has 3 rings (SSSR count). The highest BCUT2D eigenvalue weighted by Crippen LogP contribution is 2.22. The Morgan fingerprint density at radius 2 is 1.81 bits per heavy atom. The third kappa shape index (κ3) is 3.79. The number of amides is 1. The zero-order valence-electron chi connectivity index (χ0n) is 15.7. The fourth-order valence-electron chi connectivity index (χ4n) is 3.45. The fraction of sp³-hybridized carbons (Fsp3) is 0.556. The molecule has 148 valence electrons. The Morgan fingerprint density at radius 3 is 2.44 bits per heavy atom. The molecule has 9 heteroatoms. The van der Waals surface area contributed by atoms with Gasteiger partial charge >= 0.3 is 5.76 Å². The molecule has 2 heterocycles. The van der Waals surface area contributed by atoms with E-state index < -0.39 is 15.8 Å². The topological polar surface area (TPSA) is 92.8 Å². The Balaban J connectivity index is 1.92. The van der Waals surface area contributed by atoms with Crippen LogP contribution in [0.1, 0.15) is 33.1 Å². The normalized spacial score (nSPS) is 15.6. The predicted octanol–water partition coefficient (Wildman–Crippen LogP) is 1.64. The van der Waals surface area contributed by atoms with Crippen LogP contribution in [0.25, 0.3) is 11.1 Å². The largest absolute Gasteiger partial charge is 0.420 e. The summed E-state index contributed by atoms with van der Waals surface area (Å²) in [6.07, 6.45) is 3.06. The average Bonchev–Trinajstić information content (AvgIpc) is 2.97. The molecule has 2 aromatic rings. The van der Waals surface area contributed by atoms with Crippen molar-refractivity contribution in [1.29, 1.82) is 0 Å². The second-order valence-corrected chi connectivity index (χ2v) is 8.55. The Morgan fingerprint density at radius 1 is 1.15 bits per heavy atom. The van der Waals surface area contributed by atoms with Crippen molar-refractivity contribution in [2.75, 3.05) is 26.2 Å². The highest BCUT2D eigenvalue weighted by molar-refractivity contribution is 7.89. The van der Waals surface area contributed by atoms with Crippen LogP contribution >= 0.6 is 0 Å². The number of aromatic nitrogens is 1. The van der Waals surface area contributed by atoms with Gasteiger partial charge in [0.05, 0.1) is 10.4 Å². The third-order valence-corrected chi connectivity index (χ3v) is 7.03. The molecule has 1 aromatic carbocycles. The van der Waals surface area contributed by atoms with Gasteiger partial charge in [0, 0.05) is 32.2 Å². The molecule has 1 aliphatic rings. The summed E-state index contributed by atoms with van der Waals surface area (Å²) in [5.41, 5.74) is 0.587. The fourth-order valence-corrected chi connectivity index (χ4v) is 4.92. The maximum Gasteiger partial charge on any atom is 0.420 e. The van der Waals surface area contributed by atoms with Crippen molar-refractivity contribution in [3.05, 3.63) is 28.7 Å². The minimum Gasteiger partial charge on any atom is -0.408 e. The third-order valence-electron chi connectivity index (χ3n) is 4.99. The first-order valence-electron chi connectivity index (χ1n) is 9.29. The van der Waals surface area contributed by atoms with E-state index in [9.17, 15) is 18.0 Å². The summed E-state index contributed by atoms with van der Waals surface area (Å²) in [4.78, 5) is 26.5. The lowest BCUT2D eigenvalue weighted by molar-refractivity contribution is -0.132. The highest BCUT2D eigenvalue weighted by atomic mass is 32.2. The lowest BCUT2D eigenvalue weighted by atomic mass is 10.1. The van der Waals surface area contributed by atoms with Gasteiger partial charge in [-0.25, -0.2) is 13.2 Å². The summed E-state index contributed by atoms with van der Waals surface area (Å²) >= 11 is 0. The van der Waals surface area contributed by atoms with Crippen LogP contribution in [0.5, 0.6) is 0 Å². The van der Waals surface area contributed by atoms with E-state index in [4.69, 9.17) is 4.42 Å². The number of hydrogen-bond donors (Lipinski definition) is 0. The summed E-state index contributed by atoms with van der Waals surface area (Å²) < 4.78 is 33.1. The lowest BCUT2D eigenvalue weighted by Crippen LogP contribution is -2.39. The van der Waals surface area contributed by atoms with Gasteiger partial charge < -0.3 is 9.32 Å². The first kappa shape index (κ1) is 19.6. The van der Waals surface area contributed by atoms with Gasteiger partial charge in [0.25, 0.3) is 0 Å². The number of likely N-dealkylation sites (tertiary alicyclic amines) is 1. The van der Waals surface area contributed by atoms with Gasteiger partial charge in [0.15, 0.2) is 5.58 Å². The van der Waals surface area contributed by atoms with E-state index in [-0.39, 0.29) is 22.9 Å². The van der Waals surface area contributed by atoms with E-state index in [1.807, 2.05) is 0 Å². The molecule has 0 saturated carbocycles. The Bertz CT molecular complexity index is 982. The molecule has 1 saturated heterocycles. The van der Waals surface area contributed by atoms with Gasteiger partial charge in [-0.2, -0.15) is 4.31 Å². The first-order chi connectivity index (χ1) is 12.9. The summed E-state index contributed by atoms with van der Waals surface area (Å²) in [6, 6.07) is 4.33. The van der Waals surface area contributed by atoms with Crippen LogP contribution in [-0.4, -0.2) is 54.3 Å². The number of fused-ring (bicyclic) bond motifs is 1. The molecule has 0 bridgehead atoms. The summed E-state index contributed by atoms with van der Waals surface area (Å²) in [5.74, 6) is -0.785. The van der Waals surface area contributed by atoms with Crippen LogP contribution in [0, 0.1) is 0 Å². The van der Waals surface area contributed by atoms with Crippen LogP contribution in [0.2, 0.25) is 0 Å². The molecular formula is C18H25N3O5S. The van der Waals surface area contributed by atoms with Crippen LogP contribution in [-0.2, 0) is 21.4 Å². The molecule has 0 radical (unpaired) electrons. The molecule has 8 nitrogen and oxygen atoms in total. The van der Waals surface area contributed by atoms with Crippen LogP contribution in [0.3, 0.4) is 0 Å². The van der Waals surface area contributed by atoms with Crippen molar-refractivity contribution in [2.24, 2.45) is 0 Å². The maximum absolute atomic E-state index is 12.7. The Labute approximate surface area is 158 Å². The molecule has 1 aromatic heterocycles. The molecule has 1 fully saturated rings. The zero-order chi connectivity index (χ0) is 19.6. The van der Waals surface area contributed by atoms with E-state index in [1.54, 1.807) is 18.7 Å². The van der Waals surface area contributed by atoms with Crippen LogP contribution < -0.4 is 5.76 Å². The van der Waals surface area contributed by atoms with Gasteiger partial charge in [-0.15, -0.1) is 0 Å². The number of hydrogen-bond acceptors (Lipinski definition) is 5. The van der Waals surface area contributed by atoms with Crippen molar-refractivity contribution >= 4 is 27.0 Å². The minimum absolute atomic E-state index is 0.0713. The predicted molar refractivity (Wildman–Crippen MR) is 101 cm³/mol. The summed E-state index contributed by atoms with van der Waals surface area (Å²) in [7, 11) is -3.65. The van der Waals surface area contributed by atoms with E-state index in [2.05, 4.69) is 0 Å². The van der Waals surface area contributed by atoms with Gasteiger partial charge in [0.1, 0.15) is 6.54 Å². The second-order valence-electron chi connectivity index (χ2n) is 6.61. The van der Waals surface area contributed by atoms with E-state index in [0.29, 0.717) is 31.7 Å². The molecule has 27 heavy (non-hydrogen) atoms. The van der Waals surface area contributed by atoms with E-state index >= 15 is 0 Å². The number of carbonyl (C=O) groups is 1. The highest BCUT2D eigenvalue weighted by Gasteiger charge is 2.24. The SMILES string of the molecule is CCN(CC)S(=O)(=O)c1ccc2c(c1)oc(=O)n2CC(=O)N1CCCCC1. The molecule has 0 unspecified atom stereocenters. The number of sulfonamides is 1. The Hall–Kier alpha value is -2.13. The van der Waals surface area contributed by atoms with Crippen molar-refractivity contribution < 1.29 is 17.6 Å². The minimum atomic E-state index is -3.65. The standard InChI is InChI=1S/C18H25N3O5S/c1-3-20(4-2)27(24,25)14-8-9-15-16(12-14)26-18(23)21(15)13-17(22)19-10-6-5-7-11-19/h8-9,12H,3-7,10-11,13H2,1-2H3. The summed E-state index contributed by atoms with van der Waals surface area (Å²) in [5, 5.41) is 0. The number of piperidine rings is 1. The van der Waals surface area contributed by atoms with Gasteiger partial charge in [-0.1, -0.05) is 13.8 Å². The lowest BCUT2D eigenvalue weighted by Gasteiger charge is -2.26. The van der Waals surface area contributed by atoms with Gasteiger partial charge in [-0.3, -0.25) is 9.36 Å². The quantitative estimate of drug-likeness (QED) is 0.741. The van der Waals surface area contributed by atoms with Crippen molar-refractivity contribution in [2.45, 2.75) is 44.6 Å². The van der Waals surface area contributed by atoms with E-state index in [1.165, 1.54) is 27.1 Å². The molecule has 1 aliphatic heterocycles.